The van der Waals surface area contributed by atoms with Gasteiger partial charge in [-0.2, -0.15) is 4.31 Å². The van der Waals surface area contributed by atoms with Gasteiger partial charge in [-0.25, -0.2) is 8.42 Å². The van der Waals surface area contributed by atoms with E-state index >= 15 is 0 Å². The summed E-state index contributed by atoms with van der Waals surface area (Å²) in [6.07, 6.45) is 7.12. The zero-order chi connectivity index (χ0) is 19.4. The molecule has 3 N–H and O–H groups in total. The Morgan fingerprint density at radius 3 is 2.44 bits per heavy atom. The Labute approximate surface area is 162 Å². The van der Waals surface area contributed by atoms with Crippen molar-refractivity contribution >= 4 is 15.9 Å². The van der Waals surface area contributed by atoms with Gasteiger partial charge in [0.2, 0.25) is 10.0 Å². The standard InChI is InChI=1S/C20H31N3O3S/c1-15-6-4-5-13-23(15)27(25,26)18-11-9-16(10-12-18)20(24)22-19-8-3-2-7-17(19)14-21/h9-12,15,17,19H,2-8,13-14,21H2,1H3,(H,22,24). The fourth-order valence-corrected chi connectivity index (χ4v) is 5.97. The molecule has 0 spiro atoms. The molecule has 2 fully saturated rings. The van der Waals surface area contributed by atoms with Crippen LogP contribution in [0.15, 0.2) is 29.2 Å². The number of benzene rings is 1. The van der Waals surface area contributed by atoms with E-state index in [2.05, 4.69) is 5.32 Å². The Balaban J connectivity index is 1.70. The second-order valence-corrected chi connectivity index (χ2v) is 9.74. The van der Waals surface area contributed by atoms with Crippen molar-refractivity contribution in [2.24, 2.45) is 11.7 Å². The summed E-state index contributed by atoms with van der Waals surface area (Å²) in [6, 6.07) is 6.44. The lowest BCUT2D eigenvalue weighted by atomic mass is 9.84. The van der Waals surface area contributed by atoms with Crippen LogP contribution in [0, 0.1) is 5.92 Å². The van der Waals surface area contributed by atoms with Crippen molar-refractivity contribution in [1.82, 2.24) is 9.62 Å². The van der Waals surface area contributed by atoms with E-state index in [1.165, 1.54) is 0 Å². The molecule has 150 valence electrons. The van der Waals surface area contributed by atoms with Crippen LogP contribution >= 0.6 is 0 Å². The van der Waals surface area contributed by atoms with Crippen molar-refractivity contribution in [3.63, 3.8) is 0 Å². The highest BCUT2D eigenvalue weighted by Crippen LogP contribution is 2.26. The average Bonchev–Trinajstić information content (AvgIpc) is 2.68. The minimum Gasteiger partial charge on any atom is -0.349 e. The summed E-state index contributed by atoms with van der Waals surface area (Å²) in [7, 11) is -3.51. The molecular formula is C20H31N3O3S. The van der Waals surface area contributed by atoms with Crippen LogP contribution in [0.5, 0.6) is 0 Å². The molecule has 27 heavy (non-hydrogen) atoms. The second-order valence-electron chi connectivity index (χ2n) is 7.85. The highest BCUT2D eigenvalue weighted by molar-refractivity contribution is 7.89. The molecule has 1 saturated carbocycles. The third-order valence-electron chi connectivity index (χ3n) is 5.99. The van der Waals surface area contributed by atoms with Crippen LogP contribution < -0.4 is 11.1 Å². The van der Waals surface area contributed by atoms with Gasteiger partial charge in [0.05, 0.1) is 4.90 Å². The summed E-state index contributed by atoms with van der Waals surface area (Å²) < 4.78 is 27.4. The van der Waals surface area contributed by atoms with Gasteiger partial charge < -0.3 is 11.1 Å². The van der Waals surface area contributed by atoms with E-state index in [0.717, 1.165) is 44.9 Å². The lowest BCUT2D eigenvalue weighted by molar-refractivity contribution is 0.0908. The van der Waals surface area contributed by atoms with Gasteiger partial charge in [0.25, 0.3) is 5.91 Å². The van der Waals surface area contributed by atoms with Crippen LogP contribution in [0.3, 0.4) is 0 Å². The Bertz CT molecular complexity index is 748. The van der Waals surface area contributed by atoms with E-state index in [4.69, 9.17) is 5.73 Å². The summed E-state index contributed by atoms with van der Waals surface area (Å²) in [5.41, 5.74) is 6.32. The summed E-state index contributed by atoms with van der Waals surface area (Å²) in [5.74, 6) is 0.165. The first kappa shape index (κ1) is 20.3. The highest BCUT2D eigenvalue weighted by Gasteiger charge is 2.31. The van der Waals surface area contributed by atoms with E-state index < -0.39 is 10.0 Å². The molecule has 1 aromatic rings. The van der Waals surface area contributed by atoms with Crippen molar-refractivity contribution in [1.29, 1.82) is 0 Å². The van der Waals surface area contributed by atoms with Gasteiger partial charge in [-0.1, -0.05) is 19.3 Å². The first-order chi connectivity index (χ1) is 12.9. The SMILES string of the molecule is CC1CCCCN1S(=O)(=O)c1ccc(C(=O)NC2CCCCC2CN)cc1. The van der Waals surface area contributed by atoms with Crippen molar-refractivity contribution < 1.29 is 13.2 Å². The number of nitrogens with zero attached hydrogens (tertiary/aromatic N) is 1. The monoisotopic (exact) mass is 393 g/mol. The number of amides is 1. The lowest BCUT2D eigenvalue weighted by Crippen LogP contribution is -2.44. The quantitative estimate of drug-likeness (QED) is 0.804. The summed E-state index contributed by atoms with van der Waals surface area (Å²) >= 11 is 0. The number of piperidine rings is 1. The predicted octanol–water partition coefficient (Wildman–Crippen LogP) is 2.50. The minimum absolute atomic E-state index is 0.0197. The van der Waals surface area contributed by atoms with Crippen LogP contribution in [0.4, 0.5) is 0 Å². The molecule has 0 bridgehead atoms. The number of rotatable bonds is 5. The first-order valence-corrected chi connectivity index (χ1v) is 11.5. The number of nitrogens with two attached hydrogens (primary N) is 1. The molecule has 2 aliphatic rings. The fraction of sp³-hybridized carbons (Fsp3) is 0.650. The Hall–Kier alpha value is -1.44. The fourth-order valence-electron chi connectivity index (χ4n) is 4.27. The van der Waals surface area contributed by atoms with Gasteiger partial charge in [-0.3, -0.25) is 4.79 Å². The van der Waals surface area contributed by atoms with Gasteiger partial charge in [0, 0.05) is 24.2 Å². The molecule has 1 aliphatic heterocycles. The molecule has 1 heterocycles. The molecule has 1 aromatic carbocycles. The predicted molar refractivity (Wildman–Crippen MR) is 106 cm³/mol. The maximum absolute atomic E-state index is 12.9. The van der Waals surface area contributed by atoms with Crippen molar-refractivity contribution in [3.8, 4) is 0 Å². The molecule has 3 unspecified atom stereocenters. The Morgan fingerprint density at radius 2 is 1.78 bits per heavy atom. The van der Waals surface area contributed by atoms with E-state index in [0.29, 0.717) is 24.6 Å². The molecule has 3 atom stereocenters. The number of carbonyl (C=O) groups excluding carboxylic acids is 1. The van der Waals surface area contributed by atoms with Crippen molar-refractivity contribution in [2.45, 2.75) is 68.8 Å². The molecule has 1 saturated heterocycles. The average molecular weight is 394 g/mol. The summed E-state index contributed by atoms with van der Waals surface area (Å²) in [6.45, 7) is 3.10. The summed E-state index contributed by atoms with van der Waals surface area (Å²) in [4.78, 5) is 12.8. The zero-order valence-corrected chi connectivity index (χ0v) is 16.9. The number of sulfonamides is 1. The third-order valence-corrected chi connectivity index (χ3v) is 8.02. The molecule has 0 aromatic heterocycles. The minimum atomic E-state index is -3.51. The van der Waals surface area contributed by atoms with E-state index in [1.54, 1.807) is 28.6 Å². The smallest absolute Gasteiger partial charge is 0.251 e. The Kier molecular flexibility index (Phi) is 6.55. The van der Waals surface area contributed by atoms with Crippen LogP contribution in [0.1, 0.15) is 62.2 Å². The number of hydrogen-bond acceptors (Lipinski definition) is 4. The van der Waals surface area contributed by atoms with Crippen LogP contribution in [0.2, 0.25) is 0 Å². The van der Waals surface area contributed by atoms with Crippen molar-refractivity contribution in [2.75, 3.05) is 13.1 Å². The molecule has 0 radical (unpaired) electrons. The van der Waals surface area contributed by atoms with Crippen LogP contribution in [-0.2, 0) is 10.0 Å². The molecule has 3 rings (SSSR count). The number of hydrogen-bond donors (Lipinski definition) is 2. The van der Waals surface area contributed by atoms with Gasteiger partial charge >= 0.3 is 0 Å². The highest BCUT2D eigenvalue weighted by atomic mass is 32.2. The Morgan fingerprint density at radius 1 is 1.11 bits per heavy atom. The van der Waals surface area contributed by atoms with E-state index in [9.17, 15) is 13.2 Å². The molecular weight excluding hydrogens is 362 g/mol. The molecule has 1 amide bonds. The maximum atomic E-state index is 12.9. The van der Waals surface area contributed by atoms with E-state index in [-0.39, 0.29) is 22.9 Å². The number of nitrogens with one attached hydrogen (secondary N) is 1. The van der Waals surface area contributed by atoms with Gasteiger partial charge in [-0.15, -0.1) is 0 Å². The van der Waals surface area contributed by atoms with Gasteiger partial charge in [0.1, 0.15) is 0 Å². The molecule has 6 nitrogen and oxygen atoms in total. The second kappa shape index (κ2) is 8.71. The molecule has 1 aliphatic carbocycles. The number of carbonyl (C=O) groups is 1. The molecule has 7 heteroatoms. The largest absolute Gasteiger partial charge is 0.349 e. The van der Waals surface area contributed by atoms with Crippen LogP contribution in [-0.4, -0.2) is 43.8 Å². The van der Waals surface area contributed by atoms with Gasteiger partial charge in [-0.05, 0) is 69.3 Å². The maximum Gasteiger partial charge on any atom is 0.251 e. The third kappa shape index (κ3) is 4.52. The van der Waals surface area contributed by atoms with Crippen molar-refractivity contribution in [3.05, 3.63) is 29.8 Å². The van der Waals surface area contributed by atoms with Gasteiger partial charge in [0.15, 0.2) is 0 Å². The zero-order valence-electron chi connectivity index (χ0n) is 16.1. The normalized spacial score (nSPS) is 27.3. The lowest BCUT2D eigenvalue weighted by Gasteiger charge is -2.32. The first-order valence-electron chi connectivity index (χ1n) is 10.1. The van der Waals surface area contributed by atoms with Crippen LogP contribution in [0.25, 0.3) is 0 Å². The van der Waals surface area contributed by atoms with E-state index in [1.807, 2.05) is 6.92 Å². The summed E-state index contributed by atoms with van der Waals surface area (Å²) in [5, 5.41) is 3.09. The topological polar surface area (TPSA) is 92.5 Å².